The third-order valence-corrected chi connectivity index (χ3v) is 4.28. The first kappa shape index (κ1) is 15.5. The summed E-state index contributed by atoms with van der Waals surface area (Å²) in [4.78, 5) is 28.4. The maximum absolute atomic E-state index is 12.1. The summed E-state index contributed by atoms with van der Waals surface area (Å²) in [5.41, 5.74) is 2.37. The lowest BCUT2D eigenvalue weighted by Gasteiger charge is -2.08. The highest BCUT2D eigenvalue weighted by molar-refractivity contribution is 5.79. The van der Waals surface area contributed by atoms with E-state index >= 15 is 0 Å². The molecule has 128 valence electrons. The summed E-state index contributed by atoms with van der Waals surface area (Å²) in [7, 11) is 0. The molecule has 8 nitrogen and oxygen atoms in total. The van der Waals surface area contributed by atoms with E-state index in [0.717, 1.165) is 29.6 Å². The van der Waals surface area contributed by atoms with Gasteiger partial charge in [0.15, 0.2) is 0 Å². The second kappa shape index (κ2) is 6.46. The normalized spacial score (nSPS) is 13.9. The van der Waals surface area contributed by atoms with Gasteiger partial charge in [0.05, 0.1) is 17.5 Å². The largest absolute Gasteiger partial charge is 0.353 e. The highest BCUT2D eigenvalue weighted by Crippen LogP contribution is 2.38. The van der Waals surface area contributed by atoms with Crippen molar-refractivity contribution in [1.29, 1.82) is 0 Å². The summed E-state index contributed by atoms with van der Waals surface area (Å²) in [6.07, 6.45) is 3.79. The van der Waals surface area contributed by atoms with Crippen LogP contribution in [0, 0.1) is 0 Å². The molecule has 0 radical (unpaired) electrons. The number of rotatable bonds is 6. The van der Waals surface area contributed by atoms with Crippen LogP contribution in [0.3, 0.4) is 0 Å². The van der Waals surface area contributed by atoms with Crippen molar-refractivity contribution < 1.29 is 4.79 Å². The first-order valence-electron chi connectivity index (χ1n) is 8.32. The van der Waals surface area contributed by atoms with Gasteiger partial charge in [0.1, 0.15) is 12.1 Å². The highest BCUT2D eigenvalue weighted by Gasteiger charge is 2.25. The van der Waals surface area contributed by atoms with Crippen molar-refractivity contribution in [3.8, 4) is 0 Å². The molecule has 2 heterocycles. The highest BCUT2D eigenvalue weighted by atomic mass is 16.2. The number of fused-ring (bicyclic) bond motifs is 1. The van der Waals surface area contributed by atoms with Gasteiger partial charge < -0.3 is 5.32 Å². The Morgan fingerprint density at radius 3 is 2.92 bits per heavy atom. The molecule has 3 aromatic rings. The first-order valence-corrected chi connectivity index (χ1v) is 8.32. The quantitative estimate of drug-likeness (QED) is 0.713. The maximum atomic E-state index is 12.1. The van der Waals surface area contributed by atoms with Crippen LogP contribution in [-0.4, -0.2) is 37.0 Å². The summed E-state index contributed by atoms with van der Waals surface area (Å²) in [5.74, 6) is 0.283. The molecule has 0 saturated heterocycles. The molecule has 0 atom stereocenters. The lowest BCUT2D eigenvalue weighted by atomic mass is 10.3. The van der Waals surface area contributed by atoms with Crippen molar-refractivity contribution >= 4 is 16.9 Å². The zero-order valence-corrected chi connectivity index (χ0v) is 13.6. The molecule has 0 bridgehead atoms. The number of hydrogen-bond donors (Lipinski definition) is 1. The number of hydrogen-bond acceptors (Lipinski definition) is 5. The van der Waals surface area contributed by atoms with E-state index in [-0.39, 0.29) is 18.0 Å². The number of amides is 1. The molecule has 1 fully saturated rings. The molecule has 25 heavy (non-hydrogen) atoms. The van der Waals surface area contributed by atoms with Crippen molar-refractivity contribution in [2.24, 2.45) is 0 Å². The number of para-hydroxylation sites is 1. The molecule has 2 aromatic heterocycles. The van der Waals surface area contributed by atoms with Gasteiger partial charge in [-0.25, -0.2) is 9.67 Å². The first-order chi connectivity index (χ1) is 12.2. The van der Waals surface area contributed by atoms with Gasteiger partial charge in [0.25, 0.3) is 5.56 Å². The number of nitrogens with zero attached hydrogens (tertiary/aromatic N) is 5. The summed E-state index contributed by atoms with van der Waals surface area (Å²) in [5, 5.41) is 10.8. The van der Waals surface area contributed by atoms with Gasteiger partial charge in [-0.1, -0.05) is 17.3 Å². The third kappa shape index (κ3) is 3.42. The topological polar surface area (TPSA) is 94.7 Å². The average Bonchev–Trinajstić information content (AvgIpc) is 3.39. The predicted octanol–water partition coefficient (Wildman–Crippen LogP) is 0.682. The Kier molecular flexibility index (Phi) is 4.01. The Morgan fingerprint density at radius 2 is 2.12 bits per heavy atom. The van der Waals surface area contributed by atoms with Crippen LogP contribution in [0.4, 0.5) is 0 Å². The zero-order chi connectivity index (χ0) is 17.2. The molecule has 0 unspecified atom stereocenters. The fourth-order valence-electron chi connectivity index (χ4n) is 2.75. The van der Waals surface area contributed by atoms with E-state index in [0.29, 0.717) is 19.0 Å². The number of carbonyl (C=O) groups excluding carboxylic acids is 1. The van der Waals surface area contributed by atoms with Gasteiger partial charge in [-0.15, -0.1) is 5.10 Å². The van der Waals surface area contributed by atoms with Gasteiger partial charge >= 0.3 is 0 Å². The van der Waals surface area contributed by atoms with Crippen LogP contribution in [0.2, 0.25) is 0 Å². The Bertz CT molecular complexity index is 972. The van der Waals surface area contributed by atoms with E-state index in [1.807, 2.05) is 24.3 Å². The van der Waals surface area contributed by atoms with Gasteiger partial charge in [0.2, 0.25) is 5.91 Å². The van der Waals surface area contributed by atoms with Crippen molar-refractivity contribution in [1.82, 2.24) is 29.9 Å². The second-order valence-corrected chi connectivity index (χ2v) is 6.21. The minimum Gasteiger partial charge on any atom is -0.353 e. The van der Waals surface area contributed by atoms with Gasteiger partial charge in [0, 0.05) is 25.1 Å². The van der Waals surface area contributed by atoms with Crippen LogP contribution in [-0.2, 0) is 17.9 Å². The van der Waals surface area contributed by atoms with Crippen molar-refractivity contribution in [3.05, 3.63) is 52.7 Å². The van der Waals surface area contributed by atoms with E-state index in [1.54, 1.807) is 17.1 Å². The number of aromatic nitrogens is 5. The van der Waals surface area contributed by atoms with Gasteiger partial charge in [-0.2, -0.15) is 0 Å². The Labute approximate surface area is 143 Å². The average molecular weight is 338 g/mol. The molecule has 1 aliphatic carbocycles. The fourth-order valence-corrected chi connectivity index (χ4v) is 2.75. The second-order valence-electron chi connectivity index (χ2n) is 6.21. The predicted molar refractivity (Wildman–Crippen MR) is 91.0 cm³/mol. The standard InChI is InChI=1S/C17H18N6O2/c24-16(10-23-15-4-2-1-3-13(15)20-21-23)18-7-8-22-11-19-14(9-17(22)25)12-5-6-12/h1-4,9,11-12H,5-8,10H2,(H,18,24). The summed E-state index contributed by atoms with van der Waals surface area (Å²) in [6, 6.07) is 9.07. The number of carbonyl (C=O) groups is 1. The Hall–Kier alpha value is -3.03. The summed E-state index contributed by atoms with van der Waals surface area (Å²) >= 11 is 0. The molecule has 1 amide bonds. The zero-order valence-electron chi connectivity index (χ0n) is 13.6. The van der Waals surface area contributed by atoms with E-state index in [9.17, 15) is 9.59 Å². The molecular weight excluding hydrogens is 320 g/mol. The Balaban J connectivity index is 1.32. The smallest absolute Gasteiger partial charge is 0.253 e. The lowest BCUT2D eigenvalue weighted by molar-refractivity contribution is -0.121. The Morgan fingerprint density at radius 1 is 1.28 bits per heavy atom. The molecule has 0 spiro atoms. The molecule has 8 heteroatoms. The van der Waals surface area contributed by atoms with Crippen LogP contribution in [0.1, 0.15) is 24.5 Å². The van der Waals surface area contributed by atoms with E-state index in [2.05, 4.69) is 20.6 Å². The van der Waals surface area contributed by atoms with Gasteiger partial charge in [-0.05, 0) is 25.0 Å². The van der Waals surface area contributed by atoms with Crippen molar-refractivity contribution in [2.45, 2.75) is 31.8 Å². The SMILES string of the molecule is O=C(Cn1nnc2ccccc21)NCCn1cnc(C2CC2)cc1=O. The minimum absolute atomic E-state index is 0.0755. The molecule has 1 saturated carbocycles. The molecular formula is C17H18N6O2. The van der Waals surface area contributed by atoms with Crippen LogP contribution in [0.15, 0.2) is 41.5 Å². The van der Waals surface area contributed by atoms with Crippen molar-refractivity contribution in [2.75, 3.05) is 6.54 Å². The van der Waals surface area contributed by atoms with Crippen LogP contribution >= 0.6 is 0 Å². The molecule has 0 aliphatic heterocycles. The van der Waals surface area contributed by atoms with Gasteiger partial charge in [-0.3, -0.25) is 14.2 Å². The number of benzene rings is 1. The third-order valence-electron chi connectivity index (χ3n) is 4.28. The lowest BCUT2D eigenvalue weighted by Crippen LogP contribution is -2.33. The molecule has 1 aromatic carbocycles. The summed E-state index contributed by atoms with van der Waals surface area (Å²) in [6.45, 7) is 0.838. The van der Waals surface area contributed by atoms with Crippen LogP contribution < -0.4 is 10.9 Å². The number of nitrogens with one attached hydrogen (secondary N) is 1. The van der Waals surface area contributed by atoms with E-state index in [1.165, 1.54) is 4.57 Å². The summed E-state index contributed by atoms with van der Waals surface area (Å²) < 4.78 is 3.07. The fraction of sp³-hybridized carbons (Fsp3) is 0.353. The molecule has 1 aliphatic rings. The van der Waals surface area contributed by atoms with E-state index < -0.39 is 0 Å². The maximum Gasteiger partial charge on any atom is 0.253 e. The monoisotopic (exact) mass is 338 g/mol. The van der Waals surface area contributed by atoms with Crippen molar-refractivity contribution in [3.63, 3.8) is 0 Å². The minimum atomic E-state index is -0.175. The molecule has 4 rings (SSSR count). The molecule has 1 N–H and O–H groups in total. The van der Waals surface area contributed by atoms with E-state index in [4.69, 9.17) is 0 Å². The van der Waals surface area contributed by atoms with Crippen LogP contribution in [0.5, 0.6) is 0 Å². The van der Waals surface area contributed by atoms with Crippen LogP contribution in [0.25, 0.3) is 11.0 Å².